The van der Waals surface area contributed by atoms with Gasteiger partial charge in [-0.2, -0.15) is 5.10 Å². The first-order chi connectivity index (χ1) is 8.77. The van der Waals surface area contributed by atoms with Gasteiger partial charge in [0.25, 0.3) is 5.91 Å². The van der Waals surface area contributed by atoms with E-state index >= 15 is 0 Å². The molecule has 18 heavy (non-hydrogen) atoms. The van der Waals surface area contributed by atoms with Crippen LogP contribution in [0, 0.1) is 0 Å². The predicted octanol–water partition coefficient (Wildman–Crippen LogP) is 1.02. The third kappa shape index (κ3) is 1.55. The van der Waals surface area contributed by atoms with E-state index in [2.05, 4.69) is 15.2 Å². The minimum absolute atomic E-state index is 0.253. The van der Waals surface area contributed by atoms with Crippen molar-refractivity contribution in [2.75, 3.05) is 11.6 Å². The van der Waals surface area contributed by atoms with Crippen molar-refractivity contribution < 1.29 is 4.79 Å². The molecular weight excluding hydrogens is 230 g/mol. The number of H-pyrrole nitrogens is 1. The molecule has 1 aliphatic rings. The Labute approximate surface area is 103 Å². The highest BCUT2D eigenvalue weighted by Crippen LogP contribution is 2.29. The number of nitrogens with two attached hydrogens (primary N) is 1. The molecule has 90 valence electrons. The second-order valence-corrected chi connectivity index (χ2v) is 3.92. The van der Waals surface area contributed by atoms with Crippen LogP contribution in [0.5, 0.6) is 0 Å². The van der Waals surface area contributed by atoms with Crippen molar-refractivity contribution in [2.24, 2.45) is 10.7 Å². The summed E-state index contributed by atoms with van der Waals surface area (Å²) in [6.07, 6.45) is 5.48. The number of fused-ring (bicyclic) bond motifs is 1. The van der Waals surface area contributed by atoms with E-state index in [4.69, 9.17) is 5.73 Å². The molecule has 3 N–H and O–H groups in total. The van der Waals surface area contributed by atoms with E-state index < -0.39 is 5.91 Å². The number of carbonyl (C=O) groups is 1. The fourth-order valence-corrected chi connectivity index (χ4v) is 2.01. The first-order valence-corrected chi connectivity index (χ1v) is 5.47. The fourth-order valence-electron chi connectivity index (χ4n) is 2.01. The molecule has 6 heteroatoms. The van der Waals surface area contributed by atoms with E-state index in [1.807, 2.05) is 35.4 Å². The van der Waals surface area contributed by atoms with E-state index in [-0.39, 0.29) is 5.69 Å². The maximum Gasteiger partial charge on any atom is 0.269 e. The van der Waals surface area contributed by atoms with Crippen molar-refractivity contribution in [1.29, 1.82) is 0 Å². The van der Waals surface area contributed by atoms with Gasteiger partial charge in [-0.1, -0.05) is 6.07 Å². The number of anilines is 1. The number of hydrogen-bond donors (Lipinski definition) is 2. The summed E-state index contributed by atoms with van der Waals surface area (Å²) in [6.45, 7) is 0.513. The number of nitrogens with zero attached hydrogens (tertiary/aromatic N) is 3. The maximum atomic E-state index is 11.4. The van der Waals surface area contributed by atoms with Gasteiger partial charge in [-0.05, 0) is 18.2 Å². The molecule has 0 unspecified atom stereocenters. The minimum Gasteiger partial charge on any atom is -0.364 e. The van der Waals surface area contributed by atoms with E-state index in [1.165, 1.54) is 0 Å². The van der Waals surface area contributed by atoms with Crippen molar-refractivity contribution in [1.82, 2.24) is 10.2 Å². The largest absolute Gasteiger partial charge is 0.364 e. The predicted molar refractivity (Wildman–Crippen MR) is 69.6 cm³/mol. The zero-order chi connectivity index (χ0) is 12.5. The van der Waals surface area contributed by atoms with Gasteiger partial charge in [0.1, 0.15) is 6.67 Å². The van der Waals surface area contributed by atoms with Gasteiger partial charge >= 0.3 is 0 Å². The number of amides is 1. The van der Waals surface area contributed by atoms with E-state index in [1.54, 1.807) is 6.21 Å². The van der Waals surface area contributed by atoms with E-state index in [0.717, 1.165) is 16.6 Å². The van der Waals surface area contributed by atoms with Crippen molar-refractivity contribution in [3.63, 3.8) is 0 Å². The summed E-state index contributed by atoms with van der Waals surface area (Å²) in [5.74, 6) is -0.543. The second kappa shape index (κ2) is 3.99. The van der Waals surface area contributed by atoms with E-state index in [0.29, 0.717) is 6.67 Å². The number of aromatic nitrogens is 2. The van der Waals surface area contributed by atoms with Crippen LogP contribution >= 0.6 is 0 Å². The third-order valence-electron chi connectivity index (χ3n) is 2.80. The molecule has 0 spiro atoms. The lowest BCUT2D eigenvalue weighted by Crippen LogP contribution is -2.19. The van der Waals surface area contributed by atoms with Crippen molar-refractivity contribution >= 4 is 28.7 Å². The van der Waals surface area contributed by atoms with Crippen LogP contribution in [0.2, 0.25) is 0 Å². The molecule has 6 nitrogen and oxygen atoms in total. The van der Waals surface area contributed by atoms with E-state index in [9.17, 15) is 4.79 Å². The molecule has 0 bridgehead atoms. The SMILES string of the molecule is NC(=O)c1n[nH]c2cccc(N3C=CC=NC3)c12. The van der Waals surface area contributed by atoms with Gasteiger partial charge in [-0.25, -0.2) is 0 Å². The lowest BCUT2D eigenvalue weighted by molar-refractivity contribution is 0.0997. The van der Waals surface area contributed by atoms with Crippen LogP contribution in [0.1, 0.15) is 10.5 Å². The molecule has 1 aromatic heterocycles. The molecule has 1 amide bonds. The molecule has 0 saturated heterocycles. The number of nitrogens with one attached hydrogen (secondary N) is 1. The maximum absolute atomic E-state index is 11.4. The van der Waals surface area contributed by atoms with Gasteiger partial charge in [0.05, 0.1) is 16.6 Å². The lowest BCUT2D eigenvalue weighted by atomic mass is 10.1. The second-order valence-electron chi connectivity index (χ2n) is 3.92. The molecule has 0 aliphatic carbocycles. The van der Waals surface area contributed by atoms with Crippen LogP contribution in [0.4, 0.5) is 5.69 Å². The topological polar surface area (TPSA) is 87.4 Å². The Kier molecular flexibility index (Phi) is 2.33. The Bertz CT molecular complexity index is 670. The van der Waals surface area contributed by atoms with Gasteiger partial charge in [0.2, 0.25) is 0 Å². The summed E-state index contributed by atoms with van der Waals surface area (Å²) in [5.41, 5.74) is 7.23. The Morgan fingerprint density at radius 1 is 1.44 bits per heavy atom. The number of aliphatic imine (C=N–C) groups is 1. The van der Waals surface area contributed by atoms with Crippen molar-refractivity contribution in [3.8, 4) is 0 Å². The summed E-state index contributed by atoms with van der Waals surface area (Å²) < 4.78 is 0. The number of carbonyl (C=O) groups excluding carboxylic acids is 1. The monoisotopic (exact) mass is 241 g/mol. The van der Waals surface area contributed by atoms with Crippen LogP contribution in [-0.2, 0) is 0 Å². The zero-order valence-electron chi connectivity index (χ0n) is 9.50. The molecule has 2 heterocycles. The van der Waals surface area contributed by atoms with Gasteiger partial charge in [-0.15, -0.1) is 0 Å². The quantitative estimate of drug-likeness (QED) is 0.823. The highest BCUT2D eigenvalue weighted by atomic mass is 16.1. The molecule has 0 radical (unpaired) electrons. The van der Waals surface area contributed by atoms with Crippen LogP contribution in [0.3, 0.4) is 0 Å². The summed E-state index contributed by atoms with van der Waals surface area (Å²) in [4.78, 5) is 17.5. The van der Waals surface area contributed by atoms with Crippen molar-refractivity contribution in [3.05, 3.63) is 36.2 Å². The number of primary amides is 1. The number of rotatable bonds is 2. The Morgan fingerprint density at radius 3 is 3.06 bits per heavy atom. The van der Waals surface area contributed by atoms with Crippen LogP contribution < -0.4 is 10.6 Å². The summed E-state index contributed by atoms with van der Waals surface area (Å²) in [7, 11) is 0. The summed E-state index contributed by atoms with van der Waals surface area (Å²) >= 11 is 0. The molecule has 2 aromatic rings. The van der Waals surface area contributed by atoms with Crippen LogP contribution in [-0.4, -0.2) is 29.0 Å². The van der Waals surface area contributed by atoms with Crippen LogP contribution in [0.25, 0.3) is 10.9 Å². The number of aromatic amines is 1. The molecule has 0 saturated carbocycles. The normalized spacial score (nSPS) is 14.3. The highest BCUT2D eigenvalue weighted by Gasteiger charge is 2.17. The number of benzene rings is 1. The molecule has 0 atom stereocenters. The van der Waals surface area contributed by atoms with Crippen LogP contribution in [0.15, 0.2) is 35.5 Å². The highest BCUT2D eigenvalue weighted by molar-refractivity contribution is 6.09. The first-order valence-electron chi connectivity index (χ1n) is 5.47. The fraction of sp³-hybridized carbons (Fsp3) is 0.0833. The Morgan fingerprint density at radius 2 is 2.33 bits per heavy atom. The van der Waals surface area contributed by atoms with Gasteiger partial charge < -0.3 is 10.6 Å². The number of allylic oxidation sites excluding steroid dienone is 1. The first kappa shape index (κ1) is 10.5. The average Bonchev–Trinajstić information content (AvgIpc) is 2.83. The molecule has 1 aromatic carbocycles. The van der Waals surface area contributed by atoms with Gasteiger partial charge in [-0.3, -0.25) is 14.9 Å². The molecule has 0 fully saturated rings. The third-order valence-corrected chi connectivity index (χ3v) is 2.80. The summed E-state index contributed by atoms with van der Waals surface area (Å²) in [6, 6.07) is 5.66. The summed E-state index contributed by atoms with van der Waals surface area (Å²) in [5, 5.41) is 7.50. The Hall–Kier alpha value is -2.63. The lowest BCUT2D eigenvalue weighted by Gasteiger charge is -2.20. The molecular formula is C12H11N5O. The van der Waals surface area contributed by atoms with Gasteiger partial charge in [0, 0.05) is 12.4 Å². The van der Waals surface area contributed by atoms with Gasteiger partial charge in [0.15, 0.2) is 5.69 Å². The molecule has 3 rings (SSSR count). The minimum atomic E-state index is -0.543. The standard InChI is InChI=1S/C12H11N5O/c13-12(18)11-10-8(15-16-11)3-1-4-9(10)17-6-2-5-14-7-17/h1-6H,7H2,(H2,13,18)(H,15,16). The Balaban J connectivity index is 2.22. The smallest absolute Gasteiger partial charge is 0.269 e. The van der Waals surface area contributed by atoms with Crippen molar-refractivity contribution in [2.45, 2.75) is 0 Å². The molecule has 1 aliphatic heterocycles. The number of hydrogen-bond acceptors (Lipinski definition) is 4. The zero-order valence-corrected chi connectivity index (χ0v) is 9.50. The average molecular weight is 241 g/mol.